The largest absolute Gasteiger partial charge is 0.355 e. The zero-order valence-corrected chi connectivity index (χ0v) is 18.5. The van der Waals surface area contributed by atoms with Gasteiger partial charge in [-0.3, -0.25) is 4.98 Å². The SMILES string of the molecule is CC1=C(c2ccccn2)c2cc3ccc(cc4ccc(cc5nc(cc1n2)C=C5)[nH]4)[nH]3.[Mn]. The number of nitrogens with zero attached hydrogens (tertiary/aromatic N) is 3. The van der Waals surface area contributed by atoms with Crippen molar-refractivity contribution >= 4 is 45.4 Å². The molecule has 4 aromatic heterocycles. The van der Waals surface area contributed by atoms with E-state index in [1.165, 1.54) is 0 Å². The molecule has 1 radical (unpaired) electrons. The van der Waals surface area contributed by atoms with Crippen molar-refractivity contribution in [2.24, 2.45) is 0 Å². The fourth-order valence-corrected chi connectivity index (χ4v) is 4.03. The van der Waals surface area contributed by atoms with Crippen LogP contribution in [0.1, 0.15) is 35.4 Å². The molecular formula is C26H19MnN5. The maximum Gasteiger partial charge on any atom is 0.0755 e. The van der Waals surface area contributed by atoms with Crippen LogP contribution in [0.3, 0.4) is 0 Å². The van der Waals surface area contributed by atoms with Gasteiger partial charge >= 0.3 is 0 Å². The Kier molecular flexibility index (Phi) is 5.10. The minimum atomic E-state index is 0. The maximum atomic E-state index is 4.96. The molecule has 0 saturated carbocycles. The Morgan fingerprint density at radius 2 is 1.28 bits per heavy atom. The molecule has 0 atom stereocenters. The average Bonchev–Trinajstić information content (AvgIpc) is 3.55. The standard InChI is InChI=1S/C26H19N5.Mn/c1-16-24-14-21-9-7-19(29-21)12-17-5-6-18(28-17)13-20-8-10-22(30-20)15-25(31-24)26(16)23-4-2-3-11-27-23;/h2-15,28,30H,1H3;. The Hall–Kier alpha value is -3.73. The quantitative estimate of drug-likeness (QED) is 0.311. The predicted molar refractivity (Wildman–Crippen MR) is 126 cm³/mol. The Morgan fingerprint density at radius 1 is 0.625 bits per heavy atom. The van der Waals surface area contributed by atoms with Crippen molar-refractivity contribution in [1.29, 1.82) is 0 Å². The zero-order valence-electron chi connectivity index (χ0n) is 17.3. The number of allylic oxidation sites excluding steroid dienone is 1. The number of rotatable bonds is 1. The Balaban J connectivity index is 0.00000216. The maximum absolute atomic E-state index is 4.96. The minimum absolute atomic E-state index is 0. The molecule has 5 nitrogen and oxygen atoms in total. The number of hydrogen-bond donors (Lipinski definition) is 2. The van der Waals surface area contributed by atoms with Crippen LogP contribution in [0.2, 0.25) is 0 Å². The van der Waals surface area contributed by atoms with E-state index < -0.39 is 0 Å². The van der Waals surface area contributed by atoms with Gasteiger partial charge in [0.25, 0.3) is 0 Å². The van der Waals surface area contributed by atoms with Crippen LogP contribution in [-0.2, 0) is 17.1 Å². The summed E-state index contributed by atoms with van der Waals surface area (Å²) in [5.41, 5.74) is 10.7. The van der Waals surface area contributed by atoms with E-state index in [-0.39, 0.29) is 17.1 Å². The van der Waals surface area contributed by atoms with E-state index in [2.05, 4.69) is 58.3 Å². The number of fused-ring (bicyclic) bond motifs is 8. The van der Waals surface area contributed by atoms with Crippen LogP contribution < -0.4 is 0 Å². The first-order valence-electron chi connectivity index (χ1n) is 10.2. The molecule has 6 heteroatoms. The number of nitrogens with one attached hydrogen (secondary N) is 2. The minimum Gasteiger partial charge on any atom is -0.355 e. The Labute approximate surface area is 195 Å². The molecule has 0 aromatic carbocycles. The molecule has 0 amide bonds. The summed E-state index contributed by atoms with van der Waals surface area (Å²) >= 11 is 0. The van der Waals surface area contributed by atoms with Crippen molar-refractivity contribution in [2.75, 3.05) is 0 Å². The third kappa shape index (κ3) is 3.71. The summed E-state index contributed by atoms with van der Waals surface area (Å²) in [5, 5.41) is 0. The van der Waals surface area contributed by atoms with Gasteiger partial charge in [0.05, 0.1) is 28.5 Å². The second-order valence-electron chi connectivity index (χ2n) is 7.71. The van der Waals surface area contributed by atoms with Gasteiger partial charge in [0, 0.05) is 50.9 Å². The number of aromatic nitrogens is 5. The first kappa shape index (κ1) is 20.2. The summed E-state index contributed by atoms with van der Waals surface area (Å²) in [6.07, 6.45) is 5.86. The van der Waals surface area contributed by atoms with Gasteiger partial charge in [0.1, 0.15) is 0 Å². The van der Waals surface area contributed by atoms with Crippen LogP contribution in [-0.4, -0.2) is 24.9 Å². The summed E-state index contributed by atoms with van der Waals surface area (Å²) in [4.78, 5) is 21.2. The van der Waals surface area contributed by atoms with Gasteiger partial charge in [-0.25, -0.2) is 9.97 Å². The first-order valence-corrected chi connectivity index (χ1v) is 10.2. The Morgan fingerprint density at radius 3 is 1.97 bits per heavy atom. The topological polar surface area (TPSA) is 70.2 Å². The second-order valence-corrected chi connectivity index (χ2v) is 7.71. The fraction of sp³-hybridized carbons (Fsp3) is 0.0385. The van der Waals surface area contributed by atoms with Crippen LogP contribution >= 0.6 is 0 Å². The van der Waals surface area contributed by atoms with Crippen LogP contribution in [0.4, 0.5) is 0 Å². The molecule has 0 aliphatic carbocycles. The van der Waals surface area contributed by atoms with E-state index in [1.54, 1.807) is 0 Å². The summed E-state index contributed by atoms with van der Waals surface area (Å²) in [7, 11) is 0. The molecule has 2 N–H and O–H groups in total. The van der Waals surface area contributed by atoms with Gasteiger partial charge < -0.3 is 9.97 Å². The number of hydrogen-bond acceptors (Lipinski definition) is 3. The average molecular weight is 456 g/mol. The molecule has 6 rings (SSSR count). The molecule has 2 aliphatic heterocycles. The summed E-state index contributed by atoms with van der Waals surface area (Å²) < 4.78 is 0. The van der Waals surface area contributed by atoms with Gasteiger partial charge in [-0.05, 0) is 85.3 Å². The summed E-state index contributed by atoms with van der Waals surface area (Å²) in [5.74, 6) is 0. The first-order chi connectivity index (χ1) is 15.2. The van der Waals surface area contributed by atoms with Gasteiger partial charge in [0.2, 0.25) is 0 Å². The smallest absolute Gasteiger partial charge is 0.0755 e. The molecule has 0 fully saturated rings. The van der Waals surface area contributed by atoms with Crippen LogP contribution in [0.15, 0.2) is 72.9 Å². The van der Waals surface area contributed by atoms with Gasteiger partial charge in [-0.15, -0.1) is 0 Å². The monoisotopic (exact) mass is 456 g/mol. The van der Waals surface area contributed by atoms with Crippen LogP contribution in [0, 0.1) is 0 Å². The van der Waals surface area contributed by atoms with Crippen molar-refractivity contribution < 1.29 is 17.1 Å². The van der Waals surface area contributed by atoms with Gasteiger partial charge in [-0.1, -0.05) is 6.07 Å². The van der Waals surface area contributed by atoms with E-state index in [4.69, 9.17) is 9.97 Å². The molecule has 4 aromatic rings. The molecule has 0 spiro atoms. The zero-order chi connectivity index (χ0) is 20.8. The third-order valence-corrected chi connectivity index (χ3v) is 5.51. The second kappa shape index (κ2) is 8.08. The molecule has 0 saturated heterocycles. The number of pyridine rings is 1. The van der Waals surface area contributed by atoms with Gasteiger partial charge in [-0.2, -0.15) is 0 Å². The normalized spacial score (nSPS) is 12.7. The van der Waals surface area contributed by atoms with Crippen LogP contribution in [0.5, 0.6) is 0 Å². The van der Waals surface area contributed by atoms with Crippen molar-refractivity contribution in [3.63, 3.8) is 0 Å². The summed E-state index contributed by atoms with van der Waals surface area (Å²) in [6, 6.07) is 22.5. The van der Waals surface area contributed by atoms with E-state index in [1.807, 2.05) is 48.7 Å². The predicted octanol–water partition coefficient (Wildman–Crippen LogP) is 5.86. The van der Waals surface area contributed by atoms with Crippen molar-refractivity contribution in [3.8, 4) is 0 Å². The van der Waals surface area contributed by atoms with Crippen molar-refractivity contribution in [3.05, 3.63) is 101 Å². The molecule has 0 unspecified atom stereocenters. The van der Waals surface area contributed by atoms with E-state index in [0.29, 0.717) is 0 Å². The molecule has 155 valence electrons. The van der Waals surface area contributed by atoms with Crippen molar-refractivity contribution in [2.45, 2.75) is 6.92 Å². The van der Waals surface area contributed by atoms with Gasteiger partial charge in [0.15, 0.2) is 0 Å². The summed E-state index contributed by atoms with van der Waals surface area (Å²) in [6.45, 7) is 2.10. The molecule has 8 bridgehead atoms. The van der Waals surface area contributed by atoms with E-state index in [9.17, 15) is 0 Å². The fourth-order valence-electron chi connectivity index (χ4n) is 4.03. The molecular weight excluding hydrogens is 437 g/mol. The number of aromatic amines is 2. The van der Waals surface area contributed by atoms with Crippen molar-refractivity contribution in [1.82, 2.24) is 24.9 Å². The molecule has 6 heterocycles. The molecule has 32 heavy (non-hydrogen) atoms. The molecule has 2 aliphatic rings. The third-order valence-electron chi connectivity index (χ3n) is 5.51. The van der Waals surface area contributed by atoms with Crippen LogP contribution in [0.25, 0.3) is 45.4 Å². The van der Waals surface area contributed by atoms with E-state index in [0.717, 1.165) is 61.7 Å². The Bertz CT molecular complexity index is 1540. The number of H-pyrrole nitrogens is 2. The van der Waals surface area contributed by atoms with E-state index >= 15 is 0 Å².